The van der Waals surface area contributed by atoms with Crippen molar-refractivity contribution < 1.29 is 9.21 Å². The lowest BCUT2D eigenvalue weighted by molar-refractivity contribution is 0.248. The van der Waals surface area contributed by atoms with E-state index >= 15 is 0 Å². The Bertz CT molecular complexity index is 870. The second kappa shape index (κ2) is 6.34. The molecule has 1 atom stereocenters. The van der Waals surface area contributed by atoms with Crippen LogP contribution in [0, 0.1) is 0 Å². The lowest BCUT2D eigenvalue weighted by atomic mass is 10.2. The van der Waals surface area contributed by atoms with Gasteiger partial charge in [-0.3, -0.25) is 0 Å². The normalized spacial score (nSPS) is 14.9. The van der Waals surface area contributed by atoms with Gasteiger partial charge >= 0.3 is 6.03 Å². The Morgan fingerprint density at radius 3 is 3.04 bits per heavy atom. The predicted octanol–water partition coefficient (Wildman–Crippen LogP) is 2.55. The third kappa shape index (κ3) is 3.35. The van der Waals surface area contributed by atoms with Crippen molar-refractivity contribution in [1.29, 1.82) is 0 Å². The van der Waals surface area contributed by atoms with Crippen molar-refractivity contribution in [3.8, 4) is 11.5 Å². The van der Waals surface area contributed by atoms with Crippen LogP contribution >= 0.6 is 0 Å². The van der Waals surface area contributed by atoms with Crippen LogP contribution in [0.3, 0.4) is 0 Å². The van der Waals surface area contributed by atoms with Crippen LogP contribution in [0.5, 0.6) is 0 Å². The molecule has 25 heavy (non-hydrogen) atoms. The molecule has 1 fully saturated rings. The number of oxazole rings is 1. The van der Waals surface area contributed by atoms with Crippen molar-refractivity contribution in [3.05, 3.63) is 42.5 Å². The van der Waals surface area contributed by atoms with Crippen LogP contribution in [-0.4, -0.2) is 31.2 Å². The summed E-state index contributed by atoms with van der Waals surface area (Å²) in [6.45, 7) is 1.85. The summed E-state index contributed by atoms with van der Waals surface area (Å²) in [6, 6.07) is 7.01. The molecule has 9 nitrogen and oxygen atoms in total. The van der Waals surface area contributed by atoms with Crippen LogP contribution in [0.1, 0.15) is 37.7 Å². The largest absolute Gasteiger partial charge is 0.445 e. The molecule has 2 amide bonds. The van der Waals surface area contributed by atoms with E-state index in [1.54, 1.807) is 23.0 Å². The number of amides is 2. The quantitative estimate of drug-likeness (QED) is 0.739. The number of nitrogens with zero attached hydrogens (tertiary/aromatic N) is 5. The van der Waals surface area contributed by atoms with Gasteiger partial charge < -0.3 is 15.1 Å². The van der Waals surface area contributed by atoms with Crippen molar-refractivity contribution in [2.75, 3.05) is 5.32 Å². The lowest BCUT2D eigenvalue weighted by Gasteiger charge is -2.14. The van der Waals surface area contributed by atoms with Gasteiger partial charge in [0.05, 0.1) is 18.3 Å². The first-order chi connectivity index (χ1) is 12.2. The highest BCUT2D eigenvalue weighted by Crippen LogP contribution is 2.35. The van der Waals surface area contributed by atoms with Crippen LogP contribution < -0.4 is 10.6 Å². The maximum atomic E-state index is 12.3. The van der Waals surface area contributed by atoms with Crippen LogP contribution in [0.2, 0.25) is 0 Å². The molecule has 0 radical (unpaired) electrons. The Morgan fingerprint density at radius 2 is 2.28 bits per heavy atom. The van der Waals surface area contributed by atoms with E-state index in [1.807, 2.05) is 19.1 Å². The first kappa shape index (κ1) is 15.3. The summed E-state index contributed by atoms with van der Waals surface area (Å²) in [5, 5.41) is 17.4. The molecule has 3 aromatic rings. The fourth-order valence-electron chi connectivity index (χ4n) is 2.59. The zero-order chi connectivity index (χ0) is 17.2. The van der Waals surface area contributed by atoms with Crippen LogP contribution in [-0.2, 0) is 0 Å². The number of anilines is 1. The number of tetrazole rings is 1. The van der Waals surface area contributed by atoms with E-state index in [0.717, 1.165) is 18.4 Å². The highest BCUT2D eigenvalue weighted by molar-refractivity contribution is 5.90. The van der Waals surface area contributed by atoms with E-state index in [-0.39, 0.29) is 12.1 Å². The van der Waals surface area contributed by atoms with Crippen LogP contribution in [0.4, 0.5) is 10.5 Å². The van der Waals surface area contributed by atoms with Crippen molar-refractivity contribution in [1.82, 2.24) is 30.5 Å². The Labute approximate surface area is 143 Å². The van der Waals surface area contributed by atoms with E-state index in [4.69, 9.17) is 4.42 Å². The molecule has 0 unspecified atom stereocenters. The number of carbonyl (C=O) groups excluding carboxylic acids is 1. The highest BCUT2D eigenvalue weighted by Gasteiger charge is 2.29. The van der Waals surface area contributed by atoms with E-state index in [9.17, 15) is 4.79 Å². The van der Waals surface area contributed by atoms with E-state index in [2.05, 4.69) is 31.1 Å². The minimum Gasteiger partial charge on any atom is -0.445 e. The lowest BCUT2D eigenvalue weighted by Crippen LogP contribution is -2.32. The maximum absolute atomic E-state index is 12.3. The molecule has 1 aromatic carbocycles. The minimum atomic E-state index is -0.331. The summed E-state index contributed by atoms with van der Waals surface area (Å²) in [7, 11) is 0. The van der Waals surface area contributed by atoms with E-state index < -0.39 is 0 Å². The number of urea groups is 1. The summed E-state index contributed by atoms with van der Waals surface area (Å²) >= 11 is 0. The molecule has 0 saturated heterocycles. The zero-order valence-electron chi connectivity index (χ0n) is 13.6. The van der Waals surface area contributed by atoms with Gasteiger partial charge in [0.1, 0.15) is 6.26 Å². The van der Waals surface area contributed by atoms with Gasteiger partial charge in [-0.15, -0.1) is 5.10 Å². The molecule has 0 spiro atoms. The summed E-state index contributed by atoms with van der Waals surface area (Å²) < 4.78 is 7.06. The van der Waals surface area contributed by atoms with E-state index in [0.29, 0.717) is 23.4 Å². The summed E-state index contributed by atoms with van der Waals surface area (Å²) in [4.78, 5) is 16.4. The molecule has 2 heterocycles. The average molecular weight is 339 g/mol. The number of nitrogens with one attached hydrogen (secondary N) is 2. The number of aromatic nitrogens is 5. The first-order valence-corrected chi connectivity index (χ1v) is 8.06. The number of hydrogen-bond acceptors (Lipinski definition) is 6. The smallest absolute Gasteiger partial charge is 0.319 e. The minimum absolute atomic E-state index is 0.300. The Balaban J connectivity index is 1.42. The van der Waals surface area contributed by atoms with Gasteiger partial charge in [0.25, 0.3) is 0 Å². The van der Waals surface area contributed by atoms with Gasteiger partial charge in [-0.25, -0.2) is 14.5 Å². The summed E-state index contributed by atoms with van der Waals surface area (Å²) in [5.41, 5.74) is 1.43. The molecule has 2 aromatic heterocycles. The molecular formula is C16H17N7O2. The maximum Gasteiger partial charge on any atom is 0.319 e. The molecular weight excluding hydrogens is 322 g/mol. The van der Waals surface area contributed by atoms with Gasteiger partial charge in [0.15, 0.2) is 5.82 Å². The molecule has 0 aliphatic heterocycles. The molecule has 9 heteroatoms. The zero-order valence-corrected chi connectivity index (χ0v) is 13.6. The topological polar surface area (TPSA) is 111 Å². The predicted molar refractivity (Wildman–Crippen MR) is 88.6 cm³/mol. The van der Waals surface area contributed by atoms with Gasteiger partial charge in [0, 0.05) is 11.3 Å². The summed E-state index contributed by atoms with van der Waals surface area (Å²) in [5.74, 6) is 1.16. The SMILES string of the molecule is C[C@@H](NC(=O)Nc1cccc(-c2ncco2)c1)c1nnnn1C1CC1. The van der Waals surface area contributed by atoms with Gasteiger partial charge in [-0.05, 0) is 48.4 Å². The second-order valence-electron chi connectivity index (χ2n) is 5.95. The third-order valence-electron chi connectivity index (χ3n) is 3.95. The highest BCUT2D eigenvalue weighted by atomic mass is 16.3. The second-order valence-corrected chi connectivity index (χ2v) is 5.95. The van der Waals surface area contributed by atoms with Gasteiger partial charge in [-0.1, -0.05) is 6.07 Å². The van der Waals surface area contributed by atoms with Crippen LogP contribution in [0.25, 0.3) is 11.5 Å². The molecule has 128 valence electrons. The number of carbonyl (C=O) groups is 1. The molecule has 0 bridgehead atoms. The Hall–Kier alpha value is -3.23. The molecule has 1 saturated carbocycles. The molecule has 2 N–H and O–H groups in total. The van der Waals surface area contributed by atoms with Crippen molar-refractivity contribution >= 4 is 11.7 Å². The number of benzene rings is 1. The monoisotopic (exact) mass is 339 g/mol. The van der Waals surface area contributed by atoms with Crippen LogP contribution in [0.15, 0.2) is 41.1 Å². The standard InChI is InChI=1S/C16H17N7O2/c1-10(14-20-21-22-23(14)13-5-6-13)18-16(24)19-12-4-2-3-11(9-12)15-17-7-8-25-15/h2-4,7-10,13H,5-6H2,1H3,(H2,18,19,24)/t10-/m1/s1. The van der Waals surface area contributed by atoms with E-state index in [1.165, 1.54) is 6.26 Å². The Kier molecular flexibility index (Phi) is 3.88. The third-order valence-corrected chi connectivity index (χ3v) is 3.95. The van der Waals surface area contributed by atoms with Gasteiger partial charge in [-0.2, -0.15) is 0 Å². The number of rotatable bonds is 5. The van der Waals surface area contributed by atoms with Crippen molar-refractivity contribution in [2.45, 2.75) is 31.8 Å². The fourth-order valence-corrected chi connectivity index (χ4v) is 2.59. The molecule has 1 aliphatic carbocycles. The number of hydrogen-bond donors (Lipinski definition) is 2. The molecule has 1 aliphatic rings. The summed E-state index contributed by atoms with van der Waals surface area (Å²) in [6.07, 6.45) is 5.23. The average Bonchev–Trinajstić information content (AvgIpc) is 3.12. The van der Waals surface area contributed by atoms with Gasteiger partial charge in [0.2, 0.25) is 5.89 Å². The first-order valence-electron chi connectivity index (χ1n) is 8.06. The fraction of sp³-hybridized carbons (Fsp3) is 0.312. The van der Waals surface area contributed by atoms with Crippen molar-refractivity contribution in [2.24, 2.45) is 0 Å². The Morgan fingerprint density at radius 1 is 1.40 bits per heavy atom. The van der Waals surface area contributed by atoms with Crippen molar-refractivity contribution in [3.63, 3.8) is 0 Å². The molecule has 4 rings (SSSR count).